The van der Waals surface area contributed by atoms with Crippen LogP contribution in [0, 0.1) is 10.8 Å². The first-order valence-corrected chi connectivity index (χ1v) is 14.0. The Labute approximate surface area is 242 Å². The lowest BCUT2D eigenvalue weighted by Gasteiger charge is -2.47. The van der Waals surface area contributed by atoms with Gasteiger partial charge in [-0.1, -0.05) is 103 Å². The van der Waals surface area contributed by atoms with E-state index >= 15 is 0 Å². The zero-order valence-corrected chi connectivity index (χ0v) is 23.3. The van der Waals surface area contributed by atoms with Gasteiger partial charge in [-0.25, -0.2) is 0 Å². The molecule has 2 aromatic carbocycles. The molecule has 41 heavy (non-hydrogen) atoms. The van der Waals surface area contributed by atoms with E-state index in [0.29, 0.717) is 31.3 Å². The van der Waals surface area contributed by atoms with E-state index in [1.165, 1.54) is 6.08 Å². The van der Waals surface area contributed by atoms with E-state index < -0.39 is 27.8 Å². The van der Waals surface area contributed by atoms with Gasteiger partial charge in [0.1, 0.15) is 0 Å². The van der Waals surface area contributed by atoms with Crippen LogP contribution in [0.4, 0.5) is 0 Å². The van der Waals surface area contributed by atoms with Crippen LogP contribution >= 0.6 is 0 Å². The molecule has 4 N–H and O–H groups in total. The number of hydrogen-bond acceptors (Lipinski definition) is 4. The Bertz CT molecular complexity index is 1490. The Kier molecular flexibility index (Phi) is 7.17. The van der Waals surface area contributed by atoms with Gasteiger partial charge < -0.3 is 20.4 Å². The van der Waals surface area contributed by atoms with E-state index in [4.69, 9.17) is 0 Å². The first kappa shape index (κ1) is 28.7. The third kappa shape index (κ3) is 3.90. The number of rotatable bonds is 10. The zero-order valence-electron chi connectivity index (χ0n) is 23.3. The van der Waals surface area contributed by atoms with Crippen LogP contribution in [0.1, 0.15) is 42.4 Å². The molecule has 0 amide bonds. The summed E-state index contributed by atoms with van der Waals surface area (Å²) < 4.78 is 0. The lowest BCUT2D eigenvalue weighted by molar-refractivity contribution is -0.189. The summed E-state index contributed by atoms with van der Waals surface area (Å²) in [5.41, 5.74) is 1.31. The summed E-state index contributed by atoms with van der Waals surface area (Å²) in [6.07, 6.45) is 17.0. The fourth-order valence-corrected chi connectivity index (χ4v) is 7.27. The van der Waals surface area contributed by atoms with E-state index in [1.807, 2.05) is 72.8 Å². The van der Waals surface area contributed by atoms with Crippen LogP contribution in [0.5, 0.6) is 0 Å². The Morgan fingerprint density at radius 1 is 0.634 bits per heavy atom. The van der Waals surface area contributed by atoms with Crippen molar-refractivity contribution in [3.8, 4) is 0 Å². The molecule has 3 aliphatic carbocycles. The van der Waals surface area contributed by atoms with Gasteiger partial charge >= 0.3 is 0 Å². The highest BCUT2D eigenvalue weighted by Gasteiger charge is 2.60. The Morgan fingerprint density at radius 2 is 1.20 bits per heavy atom. The Morgan fingerprint density at radius 3 is 1.80 bits per heavy atom. The van der Waals surface area contributed by atoms with E-state index in [0.717, 1.165) is 27.8 Å². The van der Waals surface area contributed by atoms with E-state index in [-0.39, 0.29) is 0 Å². The third-order valence-electron chi connectivity index (χ3n) is 9.22. The summed E-state index contributed by atoms with van der Waals surface area (Å²) in [6.45, 7) is 15.6. The van der Waals surface area contributed by atoms with Crippen LogP contribution in [0.15, 0.2) is 147 Å². The van der Waals surface area contributed by atoms with Gasteiger partial charge in [0.05, 0.1) is 16.2 Å². The molecule has 2 aromatic rings. The molecule has 4 heteroatoms. The van der Waals surface area contributed by atoms with Gasteiger partial charge in [0.2, 0.25) is 5.79 Å². The first-order chi connectivity index (χ1) is 19.6. The van der Waals surface area contributed by atoms with Crippen LogP contribution in [-0.4, -0.2) is 32.0 Å². The van der Waals surface area contributed by atoms with Crippen molar-refractivity contribution in [3.05, 3.63) is 163 Å². The lowest BCUT2D eigenvalue weighted by atomic mass is 9.59. The average molecular weight is 547 g/mol. The predicted molar refractivity (Wildman–Crippen MR) is 165 cm³/mol. The van der Waals surface area contributed by atoms with Crippen LogP contribution in [0.3, 0.4) is 0 Å². The van der Waals surface area contributed by atoms with Crippen LogP contribution < -0.4 is 0 Å². The Balaban J connectivity index is 1.92. The van der Waals surface area contributed by atoms with Gasteiger partial charge in [-0.2, -0.15) is 0 Å². The second-order valence-corrected chi connectivity index (χ2v) is 11.4. The smallest absolute Gasteiger partial charge is 0.200 e. The van der Waals surface area contributed by atoms with Gasteiger partial charge in [-0.15, -0.1) is 26.3 Å². The quantitative estimate of drug-likeness (QED) is 0.204. The van der Waals surface area contributed by atoms with Crippen molar-refractivity contribution >= 4 is 5.57 Å². The minimum atomic E-state index is -2.25. The van der Waals surface area contributed by atoms with Gasteiger partial charge in [0, 0.05) is 5.57 Å². The molecule has 210 valence electrons. The zero-order chi connectivity index (χ0) is 29.5. The van der Waals surface area contributed by atoms with Gasteiger partial charge in [0.15, 0.2) is 5.79 Å². The maximum atomic E-state index is 12.2. The molecule has 0 bridgehead atoms. The summed E-state index contributed by atoms with van der Waals surface area (Å²) in [4.78, 5) is 0. The van der Waals surface area contributed by atoms with Gasteiger partial charge in [-0.3, -0.25) is 0 Å². The summed E-state index contributed by atoms with van der Waals surface area (Å²) in [5, 5.41) is 46.9. The topological polar surface area (TPSA) is 80.9 Å². The highest BCUT2D eigenvalue weighted by atomic mass is 16.5. The number of fused-ring (bicyclic) bond motifs is 2. The average Bonchev–Trinajstić information content (AvgIpc) is 3.26. The standard InChI is InChI=1S/C37H38O4/c1-5-20-33(21-6-2)24-19-31-32(37(33,40)41)29-16-12-13-17-30(29)36(31,27-14-10-9-11-15-27)28-18-25-35(38,39)34(26-28,22-7-3)23-8-4/h5-19,24-26,38-41H,1-4,20-23H2. The van der Waals surface area contributed by atoms with E-state index in [2.05, 4.69) is 26.3 Å². The molecule has 0 saturated carbocycles. The fourth-order valence-electron chi connectivity index (χ4n) is 7.27. The normalized spacial score (nSPS) is 24.1. The van der Waals surface area contributed by atoms with E-state index in [9.17, 15) is 20.4 Å². The maximum absolute atomic E-state index is 12.2. The number of aliphatic hydroxyl groups is 4. The molecule has 1 unspecified atom stereocenters. The largest absolute Gasteiger partial charge is 0.362 e. The molecule has 1 atom stereocenters. The number of benzene rings is 2. The first-order valence-electron chi connectivity index (χ1n) is 14.0. The molecule has 0 heterocycles. The van der Waals surface area contributed by atoms with E-state index in [1.54, 1.807) is 30.4 Å². The summed E-state index contributed by atoms with van der Waals surface area (Å²) >= 11 is 0. The lowest BCUT2D eigenvalue weighted by Crippen LogP contribution is -2.50. The predicted octanol–water partition coefficient (Wildman–Crippen LogP) is 6.44. The molecular weight excluding hydrogens is 508 g/mol. The van der Waals surface area contributed by atoms with Crippen molar-refractivity contribution in [1.82, 2.24) is 0 Å². The Hall–Kier alpha value is -3.80. The van der Waals surface area contributed by atoms with Gasteiger partial charge in [-0.05, 0) is 59.6 Å². The maximum Gasteiger partial charge on any atom is 0.200 e. The van der Waals surface area contributed by atoms with Crippen molar-refractivity contribution in [2.45, 2.75) is 42.7 Å². The highest BCUT2D eigenvalue weighted by molar-refractivity contribution is 5.92. The molecule has 0 aromatic heterocycles. The summed E-state index contributed by atoms with van der Waals surface area (Å²) in [7, 11) is 0. The van der Waals surface area contributed by atoms with Crippen molar-refractivity contribution in [3.63, 3.8) is 0 Å². The minimum absolute atomic E-state index is 0.292. The third-order valence-corrected chi connectivity index (χ3v) is 9.22. The van der Waals surface area contributed by atoms with Crippen molar-refractivity contribution in [2.75, 3.05) is 0 Å². The van der Waals surface area contributed by atoms with Crippen LogP contribution in [-0.2, 0) is 5.41 Å². The molecular formula is C37H38O4. The molecule has 0 radical (unpaired) electrons. The minimum Gasteiger partial charge on any atom is -0.362 e. The molecule has 0 saturated heterocycles. The molecule has 0 spiro atoms. The summed E-state index contributed by atoms with van der Waals surface area (Å²) in [6, 6.07) is 17.7. The number of allylic oxidation sites excluding steroid dienone is 8. The fraction of sp³-hybridized carbons (Fsp3) is 0.243. The molecule has 0 fully saturated rings. The van der Waals surface area contributed by atoms with Crippen molar-refractivity contribution < 1.29 is 20.4 Å². The van der Waals surface area contributed by atoms with Crippen molar-refractivity contribution in [1.29, 1.82) is 0 Å². The van der Waals surface area contributed by atoms with Crippen molar-refractivity contribution in [2.24, 2.45) is 10.8 Å². The highest BCUT2D eigenvalue weighted by Crippen LogP contribution is 2.64. The second kappa shape index (κ2) is 10.2. The van der Waals surface area contributed by atoms with Crippen LogP contribution in [0.25, 0.3) is 5.57 Å². The molecule has 0 aliphatic heterocycles. The molecule has 4 nitrogen and oxygen atoms in total. The SMILES string of the molecule is C=CCC1(CC=C)C=C(C2(c3ccccc3)C3=C(c4ccccc42)C(O)(O)C(CC=C)(CC=C)C=C3)C=CC1(O)O. The second-order valence-electron chi connectivity index (χ2n) is 11.4. The molecule has 5 rings (SSSR count). The monoisotopic (exact) mass is 546 g/mol. The summed E-state index contributed by atoms with van der Waals surface area (Å²) in [5.74, 6) is -4.39. The number of hydrogen-bond donors (Lipinski definition) is 4. The molecule has 3 aliphatic rings. The van der Waals surface area contributed by atoms with Crippen LogP contribution in [0.2, 0.25) is 0 Å². The van der Waals surface area contributed by atoms with Gasteiger partial charge in [0.25, 0.3) is 0 Å².